The molecule has 0 unspecified atom stereocenters. The van der Waals surface area contributed by atoms with Gasteiger partial charge in [0, 0.05) is 6.20 Å². The van der Waals surface area contributed by atoms with Gasteiger partial charge in [0.25, 0.3) is 8.32 Å². The van der Waals surface area contributed by atoms with Crippen LogP contribution in [0.5, 0.6) is 0 Å². The maximum absolute atomic E-state index is 11.7. The molecular formula is C23H29NO3Si. The average Bonchev–Trinajstić information content (AvgIpc) is 2.69. The fourth-order valence-corrected chi connectivity index (χ4v) is 8.70. The largest absolute Gasteiger partial charge is 0.465 e. The van der Waals surface area contributed by atoms with Crippen molar-refractivity contribution in [3.8, 4) is 0 Å². The normalized spacial score (nSPS) is 17.5. The van der Waals surface area contributed by atoms with Gasteiger partial charge in [-0.1, -0.05) is 87.5 Å². The van der Waals surface area contributed by atoms with Crippen LogP contribution in [0, 0.1) is 0 Å². The van der Waals surface area contributed by atoms with Crippen molar-refractivity contribution in [1.29, 1.82) is 0 Å². The van der Waals surface area contributed by atoms with E-state index < -0.39 is 14.4 Å². The van der Waals surface area contributed by atoms with Gasteiger partial charge in [-0.25, -0.2) is 4.79 Å². The minimum atomic E-state index is -2.64. The van der Waals surface area contributed by atoms with Crippen LogP contribution in [0.1, 0.15) is 33.6 Å². The van der Waals surface area contributed by atoms with Crippen molar-refractivity contribution in [1.82, 2.24) is 4.90 Å². The van der Waals surface area contributed by atoms with Gasteiger partial charge in [0.15, 0.2) is 0 Å². The van der Waals surface area contributed by atoms with E-state index in [1.54, 1.807) is 6.20 Å². The third-order valence-electron chi connectivity index (χ3n) is 5.46. The fourth-order valence-electron chi connectivity index (χ4n) is 4.10. The molecule has 1 N–H and O–H groups in total. The first-order chi connectivity index (χ1) is 13.4. The minimum Gasteiger partial charge on any atom is -0.465 e. The Kier molecular flexibility index (Phi) is 6.06. The molecule has 0 bridgehead atoms. The highest BCUT2D eigenvalue weighted by molar-refractivity contribution is 6.99. The summed E-state index contributed by atoms with van der Waals surface area (Å²) in [5.41, 5.74) is 0. The lowest BCUT2D eigenvalue weighted by molar-refractivity contribution is 0.120. The van der Waals surface area contributed by atoms with Gasteiger partial charge in [-0.15, -0.1) is 0 Å². The van der Waals surface area contributed by atoms with Crippen LogP contribution in [0.4, 0.5) is 4.79 Å². The van der Waals surface area contributed by atoms with Crippen LogP contribution >= 0.6 is 0 Å². The Morgan fingerprint density at radius 1 is 1.07 bits per heavy atom. The summed E-state index contributed by atoms with van der Waals surface area (Å²) in [7, 11) is -2.64. The number of allylic oxidation sites excluding steroid dienone is 1. The van der Waals surface area contributed by atoms with Crippen molar-refractivity contribution in [2.75, 3.05) is 6.61 Å². The number of rotatable bonds is 5. The second-order valence-electron chi connectivity index (χ2n) is 8.28. The molecule has 148 valence electrons. The summed E-state index contributed by atoms with van der Waals surface area (Å²) in [6, 6.07) is 20.7. The highest BCUT2D eigenvalue weighted by atomic mass is 28.4. The monoisotopic (exact) mass is 395 g/mol. The SMILES string of the molecule is CC(C)(C)[Si](OC[C@@H]1CCC=CN1C(=O)O)(c1ccccc1)c1ccccc1. The molecule has 3 rings (SSSR count). The average molecular weight is 396 g/mol. The van der Waals surface area contributed by atoms with Gasteiger partial charge >= 0.3 is 6.09 Å². The predicted octanol–water partition coefficient (Wildman–Crippen LogP) is 4.22. The molecule has 0 fully saturated rings. The van der Waals surface area contributed by atoms with Crippen molar-refractivity contribution < 1.29 is 14.3 Å². The van der Waals surface area contributed by atoms with E-state index >= 15 is 0 Å². The van der Waals surface area contributed by atoms with E-state index in [9.17, 15) is 9.90 Å². The van der Waals surface area contributed by atoms with E-state index in [2.05, 4.69) is 69.3 Å². The van der Waals surface area contributed by atoms with Gasteiger partial charge in [-0.05, 0) is 28.3 Å². The zero-order valence-electron chi connectivity index (χ0n) is 16.8. The predicted molar refractivity (Wildman–Crippen MR) is 116 cm³/mol. The Hall–Kier alpha value is -2.37. The Morgan fingerprint density at radius 3 is 2.07 bits per heavy atom. The number of hydrogen-bond donors (Lipinski definition) is 1. The molecule has 0 saturated carbocycles. The van der Waals surface area contributed by atoms with Crippen LogP contribution in [0.2, 0.25) is 5.04 Å². The fraction of sp³-hybridized carbons (Fsp3) is 0.348. The first kappa shape index (κ1) is 20.4. The summed E-state index contributed by atoms with van der Waals surface area (Å²) >= 11 is 0. The molecule has 4 nitrogen and oxygen atoms in total. The van der Waals surface area contributed by atoms with Crippen LogP contribution in [0.25, 0.3) is 0 Å². The molecule has 5 heteroatoms. The van der Waals surface area contributed by atoms with Crippen LogP contribution < -0.4 is 10.4 Å². The zero-order chi connectivity index (χ0) is 20.2. The third kappa shape index (κ3) is 3.91. The molecule has 2 aromatic carbocycles. The molecule has 0 aliphatic carbocycles. The smallest absolute Gasteiger partial charge is 0.411 e. The molecule has 1 aliphatic rings. The maximum atomic E-state index is 11.7. The molecule has 1 amide bonds. The molecular weight excluding hydrogens is 366 g/mol. The Balaban J connectivity index is 2.04. The van der Waals surface area contributed by atoms with Gasteiger partial charge in [-0.3, -0.25) is 4.90 Å². The first-order valence-electron chi connectivity index (χ1n) is 9.79. The quantitative estimate of drug-likeness (QED) is 0.771. The molecule has 0 saturated heterocycles. The number of amides is 1. The minimum absolute atomic E-state index is 0.117. The van der Waals surface area contributed by atoms with Crippen molar-refractivity contribution >= 4 is 24.8 Å². The summed E-state index contributed by atoms with van der Waals surface area (Å²) < 4.78 is 6.89. The highest BCUT2D eigenvalue weighted by Gasteiger charge is 2.50. The van der Waals surface area contributed by atoms with Crippen LogP contribution in [-0.4, -0.2) is 37.1 Å². The van der Waals surface area contributed by atoms with Crippen molar-refractivity contribution in [3.63, 3.8) is 0 Å². The molecule has 0 spiro atoms. The van der Waals surface area contributed by atoms with Gasteiger partial charge < -0.3 is 9.53 Å². The van der Waals surface area contributed by atoms with E-state index in [1.807, 2.05) is 18.2 Å². The van der Waals surface area contributed by atoms with Crippen LogP contribution in [0.15, 0.2) is 72.9 Å². The number of nitrogens with zero attached hydrogens (tertiary/aromatic N) is 1. The van der Waals surface area contributed by atoms with Gasteiger partial charge in [0.2, 0.25) is 0 Å². The zero-order valence-corrected chi connectivity index (χ0v) is 17.8. The molecule has 0 aromatic heterocycles. The molecule has 1 atom stereocenters. The summed E-state index contributed by atoms with van der Waals surface area (Å²) in [5.74, 6) is 0. The third-order valence-corrected chi connectivity index (χ3v) is 10.5. The van der Waals surface area contributed by atoms with E-state index in [1.165, 1.54) is 15.3 Å². The molecule has 1 aliphatic heterocycles. The maximum Gasteiger partial charge on any atom is 0.411 e. The Labute approximate surface area is 168 Å². The van der Waals surface area contributed by atoms with E-state index in [4.69, 9.17) is 4.43 Å². The molecule has 0 radical (unpaired) electrons. The standard InChI is InChI=1S/C23H29NO3Si/c1-23(2,3)28(20-13-6-4-7-14-20,21-15-8-5-9-16-21)27-18-19-12-10-11-17-24(19)22(25)26/h4-9,11,13-17,19H,10,12,18H2,1-3H3,(H,25,26)/t19-/m0/s1. The molecule has 1 heterocycles. The number of hydrogen-bond acceptors (Lipinski definition) is 2. The lowest BCUT2D eigenvalue weighted by Gasteiger charge is -2.44. The lowest BCUT2D eigenvalue weighted by Crippen LogP contribution is -2.67. The highest BCUT2D eigenvalue weighted by Crippen LogP contribution is 2.37. The Bertz CT molecular complexity index is 775. The number of benzene rings is 2. The summed E-state index contributed by atoms with van der Waals surface area (Å²) in [5, 5.41) is 11.9. The Morgan fingerprint density at radius 2 is 1.61 bits per heavy atom. The van der Waals surface area contributed by atoms with Crippen LogP contribution in [-0.2, 0) is 4.43 Å². The van der Waals surface area contributed by atoms with Gasteiger partial charge in [0.1, 0.15) is 0 Å². The van der Waals surface area contributed by atoms with Crippen molar-refractivity contribution in [2.24, 2.45) is 0 Å². The van der Waals surface area contributed by atoms with Gasteiger partial charge in [-0.2, -0.15) is 0 Å². The van der Waals surface area contributed by atoms with Crippen molar-refractivity contribution in [3.05, 3.63) is 72.9 Å². The molecule has 2 aromatic rings. The second kappa shape index (κ2) is 8.33. The molecule has 28 heavy (non-hydrogen) atoms. The number of carboxylic acid groups (broad SMARTS) is 1. The summed E-state index contributed by atoms with van der Waals surface area (Å²) in [6.07, 6.45) is 4.31. The van der Waals surface area contributed by atoms with Crippen molar-refractivity contribution in [2.45, 2.75) is 44.7 Å². The summed E-state index contributed by atoms with van der Waals surface area (Å²) in [6.45, 7) is 7.09. The van der Waals surface area contributed by atoms with E-state index in [0.29, 0.717) is 6.61 Å². The number of carbonyl (C=O) groups is 1. The van der Waals surface area contributed by atoms with Gasteiger partial charge in [0.05, 0.1) is 12.6 Å². The lowest BCUT2D eigenvalue weighted by atomic mass is 10.1. The first-order valence-corrected chi connectivity index (χ1v) is 11.7. The van der Waals surface area contributed by atoms with E-state index in [-0.39, 0.29) is 11.1 Å². The van der Waals surface area contributed by atoms with E-state index in [0.717, 1.165) is 12.8 Å². The summed E-state index contributed by atoms with van der Waals surface area (Å²) in [4.78, 5) is 13.0. The topological polar surface area (TPSA) is 49.8 Å². The van der Waals surface area contributed by atoms with Crippen LogP contribution in [0.3, 0.4) is 0 Å². The second-order valence-corrected chi connectivity index (χ2v) is 12.6.